The van der Waals surface area contributed by atoms with E-state index in [-0.39, 0.29) is 0 Å². The average Bonchev–Trinajstić information content (AvgIpc) is 2.31. The number of methoxy groups -OCH3 is 1. The molecule has 0 aliphatic rings. The van der Waals surface area contributed by atoms with E-state index in [2.05, 4.69) is 15.3 Å². The van der Waals surface area contributed by atoms with Crippen LogP contribution in [0.1, 0.15) is 0 Å². The van der Waals surface area contributed by atoms with E-state index < -0.39 is 5.82 Å². The Morgan fingerprint density at radius 3 is 2.88 bits per heavy atom. The first-order valence-corrected chi connectivity index (χ1v) is 4.86. The van der Waals surface area contributed by atoms with Gasteiger partial charge in [-0.2, -0.15) is 0 Å². The third-order valence-corrected chi connectivity index (χ3v) is 2.11. The van der Waals surface area contributed by atoms with Crippen LogP contribution in [0.15, 0.2) is 30.7 Å². The van der Waals surface area contributed by atoms with Crippen LogP contribution >= 0.6 is 0 Å². The van der Waals surface area contributed by atoms with Crippen LogP contribution in [0.2, 0.25) is 0 Å². The van der Waals surface area contributed by atoms with Gasteiger partial charge in [-0.25, -0.2) is 14.4 Å². The van der Waals surface area contributed by atoms with Crippen molar-refractivity contribution in [1.29, 1.82) is 0 Å². The maximum Gasteiger partial charge on any atom is 0.157 e. The molecule has 0 aliphatic heterocycles. The summed E-state index contributed by atoms with van der Waals surface area (Å²) < 4.78 is 18.2. The summed E-state index contributed by atoms with van der Waals surface area (Å²) >= 11 is 0. The molecule has 0 saturated carbocycles. The molecule has 0 amide bonds. The molecule has 0 fully saturated rings. The molecule has 0 spiro atoms. The van der Waals surface area contributed by atoms with E-state index in [1.54, 1.807) is 6.07 Å². The van der Waals surface area contributed by atoms with E-state index in [1.165, 1.54) is 31.8 Å². The molecule has 1 heterocycles. The van der Waals surface area contributed by atoms with Gasteiger partial charge in [0.25, 0.3) is 0 Å². The highest BCUT2D eigenvalue weighted by atomic mass is 19.1. The van der Waals surface area contributed by atoms with Gasteiger partial charge in [0.05, 0.1) is 19.0 Å². The highest BCUT2D eigenvalue weighted by Crippen LogP contribution is 2.24. The second-order valence-corrected chi connectivity index (χ2v) is 3.33. The second kappa shape index (κ2) is 4.65. The zero-order chi connectivity index (χ0) is 12.3. The van der Waals surface area contributed by atoms with E-state index in [0.717, 1.165) is 0 Å². The molecule has 6 heteroatoms. The minimum absolute atomic E-state index is 0.385. The van der Waals surface area contributed by atoms with E-state index >= 15 is 0 Å². The van der Waals surface area contributed by atoms with Crippen molar-refractivity contribution in [2.75, 3.05) is 18.2 Å². The molecular formula is C11H11FN4O. The number of ether oxygens (including phenoxy) is 1. The first-order valence-electron chi connectivity index (χ1n) is 4.86. The van der Waals surface area contributed by atoms with E-state index in [9.17, 15) is 4.39 Å². The van der Waals surface area contributed by atoms with Gasteiger partial charge >= 0.3 is 0 Å². The van der Waals surface area contributed by atoms with Crippen LogP contribution in [0.3, 0.4) is 0 Å². The van der Waals surface area contributed by atoms with Crippen molar-refractivity contribution in [3.8, 4) is 5.75 Å². The molecule has 5 nitrogen and oxygen atoms in total. The number of nitrogen functional groups attached to an aromatic ring is 1. The Hall–Kier alpha value is -2.37. The van der Waals surface area contributed by atoms with E-state index in [0.29, 0.717) is 22.9 Å². The predicted octanol–water partition coefficient (Wildman–Crippen LogP) is 1.95. The molecule has 17 heavy (non-hydrogen) atoms. The van der Waals surface area contributed by atoms with Crippen molar-refractivity contribution < 1.29 is 9.13 Å². The second-order valence-electron chi connectivity index (χ2n) is 3.33. The van der Waals surface area contributed by atoms with E-state index in [4.69, 9.17) is 10.5 Å². The number of rotatable bonds is 3. The van der Waals surface area contributed by atoms with Gasteiger partial charge in [-0.3, -0.25) is 0 Å². The Bertz CT molecular complexity index is 533. The number of nitrogens with one attached hydrogen (secondary N) is 1. The Labute approximate surface area is 97.5 Å². The minimum Gasteiger partial charge on any atom is -0.497 e. The first-order chi connectivity index (χ1) is 8.19. The van der Waals surface area contributed by atoms with Gasteiger partial charge < -0.3 is 15.8 Å². The van der Waals surface area contributed by atoms with Crippen molar-refractivity contribution in [3.63, 3.8) is 0 Å². The van der Waals surface area contributed by atoms with Crippen molar-refractivity contribution in [2.45, 2.75) is 0 Å². The molecule has 3 N–H and O–H groups in total. The summed E-state index contributed by atoms with van der Waals surface area (Å²) in [6.07, 6.45) is 2.82. The van der Waals surface area contributed by atoms with Crippen molar-refractivity contribution in [3.05, 3.63) is 36.5 Å². The normalized spacial score (nSPS) is 10.0. The molecule has 1 aromatic carbocycles. The molecule has 0 aliphatic carbocycles. The number of anilines is 3. The summed E-state index contributed by atoms with van der Waals surface area (Å²) in [4.78, 5) is 7.71. The summed E-state index contributed by atoms with van der Waals surface area (Å²) in [5.41, 5.74) is 6.56. The fourth-order valence-corrected chi connectivity index (χ4v) is 1.33. The lowest BCUT2D eigenvalue weighted by atomic mass is 10.3. The topological polar surface area (TPSA) is 73.1 Å². The summed E-state index contributed by atoms with van der Waals surface area (Å²) in [5.74, 6) is 0.437. The fourth-order valence-electron chi connectivity index (χ4n) is 1.33. The number of hydrogen-bond donors (Lipinski definition) is 2. The zero-order valence-corrected chi connectivity index (χ0v) is 9.14. The van der Waals surface area contributed by atoms with Gasteiger partial charge in [-0.15, -0.1) is 0 Å². The lowest BCUT2D eigenvalue weighted by Gasteiger charge is -2.09. The van der Waals surface area contributed by atoms with Gasteiger partial charge in [0, 0.05) is 17.8 Å². The largest absolute Gasteiger partial charge is 0.497 e. The standard InChI is InChI=1S/C11H11FN4O/c1-17-9-3-7(12)2-8(4-9)16-11-10(13)5-14-6-15-11/h2-6H,13H2,1H3,(H,14,15,16). The monoisotopic (exact) mass is 234 g/mol. The molecule has 0 atom stereocenters. The van der Waals surface area contributed by atoms with Crippen molar-refractivity contribution >= 4 is 17.2 Å². The number of hydrogen-bond acceptors (Lipinski definition) is 5. The number of benzene rings is 1. The van der Waals surface area contributed by atoms with Gasteiger partial charge in [0.1, 0.15) is 17.9 Å². The quantitative estimate of drug-likeness (QED) is 0.849. The zero-order valence-electron chi connectivity index (χ0n) is 9.14. The summed E-state index contributed by atoms with van der Waals surface area (Å²) in [7, 11) is 1.47. The third kappa shape index (κ3) is 2.60. The van der Waals surface area contributed by atoms with Crippen molar-refractivity contribution in [1.82, 2.24) is 9.97 Å². The van der Waals surface area contributed by atoms with Gasteiger partial charge in [0.15, 0.2) is 5.82 Å². The summed E-state index contributed by atoms with van der Waals surface area (Å²) in [6.45, 7) is 0. The Morgan fingerprint density at radius 1 is 1.35 bits per heavy atom. The van der Waals surface area contributed by atoms with Crippen LogP contribution in [-0.4, -0.2) is 17.1 Å². The highest BCUT2D eigenvalue weighted by molar-refractivity contribution is 5.68. The minimum atomic E-state index is -0.403. The smallest absolute Gasteiger partial charge is 0.157 e. The number of nitrogens with two attached hydrogens (primary N) is 1. The SMILES string of the molecule is COc1cc(F)cc(Nc2ncncc2N)c1. The molecule has 2 aromatic rings. The molecular weight excluding hydrogens is 223 g/mol. The highest BCUT2D eigenvalue weighted by Gasteiger charge is 2.04. The van der Waals surface area contributed by atoms with Crippen LogP contribution in [0.4, 0.5) is 21.6 Å². The number of nitrogens with zero attached hydrogens (tertiary/aromatic N) is 2. The van der Waals surface area contributed by atoms with Crippen LogP contribution in [0, 0.1) is 5.82 Å². The molecule has 0 radical (unpaired) electrons. The Morgan fingerprint density at radius 2 is 2.18 bits per heavy atom. The van der Waals surface area contributed by atoms with Crippen LogP contribution in [-0.2, 0) is 0 Å². The van der Waals surface area contributed by atoms with Crippen LogP contribution < -0.4 is 15.8 Å². The van der Waals surface area contributed by atoms with Crippen LogP contribution in [0.5, 0.6) is 5.75 Å². The summed E-state index contributed by atoms with van der Waals surface area (Å²) in [6, 6.07) is 4.25. The van der Waals surface area contributed by atoms with Crippen LogP contribution in [0.25, 0.3) is 0 Å². The first kappa shape index (κ1) is 11.1. The maximum atomic E-state index is 13.2. The predicted molar refractivity (Wildman–Crippen MR) is 62.7 cm³/mol. The Balaban J connectivity index is 2.30. The van der Waals surface area contributed by atoms with Gasteiger partial charge in [-0.05, 0) is 6.07 Å². The Kier molecular flexibility index (Phi) is 3.04. The number of aromatic nitrogens is 2. The van der Waals surface area contributed by atoms with Gasteiger partial charge in [-0.1, -0.05) is 0 Å². The molecule has 0 unspecified atom stereocenters. The average molecular weight is 234 g/mol. The molecule has 1 aromatic heterocycles. The molecule has 0 saturated heterocycles. The lowest BCUT2D eigenvalue weighted by molar-refractivity contribution is 0.411. The molecule has 0 bridgehead atoms. The fraction of sp³-hybridized carbons (Fsp3) is 0.0909. The lowest BCUT2D eigenvalue weighted by Crippen LogP contribution is -2.00. The van der Waals surface area contributed by atoms with E-state index in [1.807, 2.05) is 0 Å². The maximum absolute atomic E-state index is 13.2. The van der Waals surface area contributed by atoms with Gasteiger partial charge in [0.2, 0.25) is 0 Å². The molecule has 2 rings (SSSR count). The number of halogens is 1. The molecule has 88 valence electrons. The third-order valence-electron chi connectivity index (χ3n) is 2.11. The van der Waals surface area contributed by atoms with Crippen molar-refractivity contribution in [2.24, 2.45) is 0 Å². The summed E-state index contributed by atoms with van der Waals surface area (Å²) in [5, 5.41) is 2.89.